The summed E-state index contributed by atoms with van der Waals surface area (Å²) in [4.78, 5) is 0. The molecule has 0 atom stereocenters. The molecule has 0 unspecified atom stereocenters. The molecule has 4 rings (SSSR count). The van der Waals surface area contributed by atoms with Crippen molar-refractivity contribution in [2.75, 3.05) is 0 Å². The second kappa shape index (κ2) is 5.93. The molecule has 0 N–H and O–H groups in total. The minimum atomic E-state index is 1.19. The summed E-state index contributed by atoms with van der Waals surface area (Å²) in [5.74, 6) is 0. The molecule has 116 valence electrons. The van der Waals surface area contributed by atoms with E-state index in [9.17, 15) is 0 Å². The topological polar surface area (TPSA) is 3.88 Å². The van der Waals surface area contributed by atoms with Gasteiger partial charge in [-0.2, -0.15) is 4.57 Å². The molecular weight excluding hydrogens is 290 g/mol. The minimum Gasteiger partial charge on any atom is -0.159 e. The molecule has 0 saturated heterocycles. The molecule has 0 spiro atoms. The van der Waals surface area contributed by atoms with E-state index in [-0.39, 0.29) is 0 Å². The largest absolute Gasteiger partial charge is 0.221 e. The molecule has 0 fully saturated rings. The highest BCUT2D eigenvalue weighted by atomic mass is 15.0. The first-order chi connectivity index (χ1) is 11.7. The van der Waals surface area contributed by atoms with Gasteiger partial charge in [-0.3, -0.25) is 0 Å². The van der Waals surface area contributed by atoms with Crippen LogP contribution in [0.4, 0.5) is 0 Å². The van der Waals surface area contributed by atoms with Gasteiger partial charge in [-0.25, -0.2) is 0 Å². The van der Waals surface area contributed by atoms with Gasteiger partial charge < -0.3 is 0 Å². The van der Waals surface area contributed by atoms with E-state index < -0.39 is 0 Å². The van der Waals surface area contributed by atoms with E-state index in [0.29, 0.717) is 0 Å². The van der Waals surface area contributed by atoms with E-state index in [1.807, 2.05) is 0 Å². The van der Waals surface area contributed by atoms with Gasteiger partial charge in [-0.05, 0) is 37.4 Å². The van der Waals surface area contributed by atoms with Crippen LogP contribution in [0.25, 0.3) is 27.7 Å². The van der Waals surface area contributed by atoms with E-state index in [0.717, 1.165) is 0 Å². The number of hydrogen-bond acceptors (Lipinski definition) is 0. The summed E-state index contributed by atoms with van der Waals surface area (Å²) in [6, 6.07) is 27.9. The van der Waals surface area contributed by atoms with Gasteiger partial charge in [0, 0.05) is 28.6 Å². The molecule has 0 amide bonds. The molecule has 0 aliphatic heterocycles. The van der Waals surface area contributed by atoms with Gasteiger partial charge in [-0.15, -0.1) is 0 Å². The van der Waals surface area contributed by atoms with Crippen molar-refractivity contribution in [3.05, 3.63) is 96.2 Å². The molecule has 0 aliphatic rings. The van der Waals surface area contributed by atoms with Gasteiger partial charge in [0.25, 0.3) is 0 Å². The molecular formula is C23H20N+. The van der Waals surface area contributed by atoms with Crippen molar-refractivity contribution in [1.82, 2.24) is 0 Å². The number of fused-ring (bicyclic) bond motifs is 1. The third-order valence-electron chi connectivity index (χ3n) is 4.59. The predicted molar refractivity (Wildman–Crippen MR) is 100 cm³/mol. The van der Waals surface area contributed by atoms with Crippen LogP contribution in [-0.2, 0) is 0 Å². The maximum absolute atomic E-state index is 2.31. The molecule has 3 aromatic carbocycles. The van der Waals surface area contributed by atoms with E-state index in [2.05, 4.69) is 103 Å². The van der Waals surface area contributed by atoms with Gasteiger partial charge in [0.05, 0.1) is 0 Å². The molecule has 1 nitrogen and oxygen atoms in total. The second-order valence-corrected chi connectivity index (χ2v) is 6.26. The zero-order chi connectivity index (χ0) is 16.5. The fourth-order valence-corrected chi connectivity index (χ4v) is 3.32. The Balaban J connectivity index is 2.09. The number of rotatable bonds is 2. The van der Waals surface area contributed by atoms with E-state index in [1.165, 1.54) is 38.8 Å². The Hall–Kier alpha value is -2.93. The van der Waals surface area contributed by atoms with Gasteiger partial charge >= 0.3 is 0 Å². The summed E-state index contributed by atoms with van der Waals surface area (Å²) in [6.45, 7) is 4.34. The average molecular weight is 310 g/mol. The maximum atomic E-state index is 2.31. The number of hydrogen-bond donors (Lipinski definition) is 0. The van der Waals surface area contributed by atoms with Crippen LogP contribution in [0.3, 0.4) is 0 Å². The summed E-state index contributed by atoms with van der Waals surface area (Å²) in [5, 5.41) is 2.56. The Morgan fingerprint density at radius 3 is 2.08 bits per heavy atom. The lowest BCUT2D eigenvalue weighted by atomic mass is 10.00. The van der Waals surface area contributed by atoms with Crippen molar-refractivity contribution in [3.8, 4) is 16.9 Å². The molecule has 24 heavy (non-hydrogen) atoms. The van der Waals surface area contributed by atoms with E-state index in [1.54, 1.807) is 0 Å². The van der Waals surface area contributed by atoms with Crippen molar-refractivity contribution in [2.45, 2.75) is 13.8 Å². The molecule has 0 aliphatic carbocycles. The van der Waals surface area contributed by atoms with Crippen LogP contribution >= 0.6 is 0 Å². The normalized spacial score (nSPS) is 10.9. The van der Waals surface area contributed by atoms with Crippen LogP contribution in [0.1, 0.15) is 11.1 Å². The summed E-state index contributed by atoms with van der Waals surface area (Å²) in [5.41, 5.74) is 6.26. The number of aromatic nitrogens is 1. The maximum Gasteiger partial charge on any atom is 0.221 e. The average Bonchev–Trinajstić information content (AvgIpc) is 2.63. The van der Waals surface area contributed by atoms with Crippen LogP contribution < -0.4 is 4.57 Å². The summed E-state index contributed by atoms with van der Waals surface area (Å²) in [6.07, 6.45) is 2.25. The minimum absolute atomic E-state index is 1.19. The number of benzene rings is 3. The van der Waals surface area contributed by atoms with Crippen molar-refractivity contribution in [3.63, 3.8) is 0 Å². The molecule has 0 bridgehead atoms. The standard InChI is InChI=1S/C23H20N/c1-17-12-14-21(15-13-17)24-16-20-10-6-7-11-22(20)18(2)23(24)19-8-4-3-5-9-19/h3-16H,1-2H3/q+1. The number of pyridine rings is 1. The number of aryl methyl sites for hydroxylation is 2. The molecule has 0 radical (unpaired) electrons. The first kappa shape index (κ1) is 14.6. The molecule has 1 aromatic heterocycles. The van der Waals surface area contributed by atoms with Crippen molar-refractivity contribution in [2.24, 2.45) is 0 Å². The zero-order valence-corrected chi connectivity index (χ0v) is 14.0. The molecule has 1 heterocycles. The van der Waals surface area contributed by atoms with Crippen LogP contribution in [0.5, 0.6) is 0 Å². The van der Waals surface area contributed by atoms with Crippen molar-refractivity contribution in [1.29, 1.82) is 0 Å². The molecule has 4 aromatic rings. The summed E-state index contributed by atoms with van der Waals surface area (Å²) in [7, 11) is 0. The molecule has 0 saturated carbocycles. The first-order valence-corrected chi connectivity index (χ1v) is 8.30. The van der Waals surface area contributed by atoms with Crippen LogP contribution in [0.2, 0.25) is 0 Å². The van der Waals surface area contributed by atoms with Gasteiger partial charge in [0.15, 0.2) is 6.20 Å². The monoisotopic (exact) mass is 310 g/mol. The van der Waals surface area contributed by atoms with E-state index in [4.69, 9.17) is 0 Å². The fraction of sp³-hybridized carbons (Fsp3) is 0.0870. The van der Waals surface area contributed by atoms with Gasteiger partial charge in [-0.1, -0.05) is 54.1 Å². The van der Waals surface area contributed by atoms with Crippen LogP contribution in [-0.4, -0.2) is 0 Å². The van der Waals surface area contributed by atoms with Crippen molar-refractivity contribution < 1.29 is 4.57 Å². The summed E-state index contributed by atoms with van der Waals surface area (Å²) >= 11 is 0. The van der Waals surface area contributed by atoms with Crippen molar-refractivity contribution >= 4 is 10.8 Å². The fourth-order valence-electron chi connectivity index (χ4n) is 3.32. The Morgan fingerprint density at radius 2 is 1.33 bits per heavy atom. The Labute approximate surface area is 142 Å². The third kappa shape index (κ3) is 2.48. The Bertz CT molecular complexity index is 999. The quantitative estimate of drug-likeness (QED) is 0.436. The first-order valence-electron chi connectivity index (χ1n) is 8.30. The van der Waals surface area contributed by atoms with Gasteiger partial charge in [0.1, 0.15) is 0 Å². The Kier molecular flexibility index (Phi) is 3.62. The highest BCUT2D eigenvalue weighted by molar-refractivity contribution is 5.88. The zero-order valence-electron chi connectivity index (χ0n) is 14.0. The summed E-state index contributed by atoms with van der Waals surface area (Å²) < 4.78 is 2.31. The highest BCUT2D eigenvalue weighted by Crippen LogP contribution is 2.27. The highest BCUT2D eigenvalue weighted by Gasteiger charge is 2.21. The van der Waals surface area contributed by atoms with Gasteiger partial charge in [0.2, 0.25) is 11.4 Å². The SMILES string of the molecule is Cc1ccc(-[n+]2cc3ccccc3c(C)c2-c2ccccc2)cc1. The number of nitrogens with zero attached hydrogens (tertiary/aromatic N) is 1. The second-order valence-electron chi connectivity index (χ2n) is 6.26. The predicted octanol–water partition coefficient (Wildman–Crippen LogP) is 5.40. The van der Waals surface area contributed by atoms with E-state index >= 15 is 0 Å². The lowest BCUT2D eigenvalue weighted by molar-refractivity contribution is -0.582. The lowest BCUT2D eigenvalue weighted by Gasteiger charge is -2.10. The third-order valence-corrected chi connectivity index (χ3v) is 4.59. The van der Waals surface area contributed by atoms with Crippen LogP contribution in [0.15, 0.2) is 85.1 Å². The van der Waals surface area contributed by atoms with Crippen LogP contribution in [0, 0.1) is 13.8 Å². The molecule has 1 heteroatoms. The Morgan fingerprint density at radius 1 is 0.667 bits per heavy atom. The lowest BCUT2D eigenvalue weighted by Crippen LogP contribution is -2.34. The smallest absolute Gasteiger partial charge is 0.159 e.